The standard InChI is InChI=1S/C19H23N3O2S/c1-24-16-8-6-15(7-9-16)14-20-19(25)22-12-10-21(11-13-22)17-4-2-3-5-18(17)23/h2-9,23H,10-14H2,1H3,(H,20,25). The Kier molecular flexibility index (Phi) is 5.60. The molecule has 1 saturated heterocycles. The number of aromatic hydroxyl groups is 1. The molecule has 25 heavy (non-hydrogen) atoms. The number of benzene rings is 2. The van der Waals surface area contributed by atoms with Crippen LogP contribution in [0.3, 0.4) is 0 Å². The second kappa shape index (κ2) is 8.07. The van der Waals surface area contributed by atoms with Crippen LogP contribution in [-0.4, -0.2) is 48.4 Å². The number of anilines is 1. The van der Waals surface area contributed by atoms with Gasteiger partial charge in [-0.25, -0.2) is 0 Å². The third-order valence-electron chi connectivity index (χ3n) is 4.39. The average molecular weight is 357 g/mol. The Morgan fingerprint density at radius 2 is 1.76 bits per heavy atom. The van der Waals surface area contributed by atoms with Gasteiger partial charge >= 0.3 is 0 Å². The number of methoxy groups -OCH3 is 1. The summed E-state index contributed by atoms with van der Waals surface area (Å²) in [4.78, 5) is 4.37. The highest BCUT2D eigenvalue weighted by atomic mass is 32.1. The Morgan fingerprint density at radius 1 is 1.08 bits per heavy atom. The minimum atomic E-state index is 0.330. The lowest BCUT2D eigenvalue weighted by atomic mass is 10.2. The van der Waals surface area contributed by atoms with Gasteiger partial charge < -0.3 is 25.0 Å². The van der Waals surface area contributed by atoms with Gasteiger partial charge in [-0.1, -0.05) is 24.3 Å². The average Bonchev–Trinajstić information content (AvgIpc) is 2.67. The van der Waals surface area contributed by atoms with Crippen molar-refractivity contribution in [2.75, 3.05) is 38.2 Å². The van der Waals surface area contributed by atoms with E-state index in [-0.39, 0.29) is 0 Å². The topological polar surface area (TPSA) is 48.0 Å². The smallest absolute Gasteiger partial charge is 0.169 e. The highest BCUT2D eigenvalue weighted by Crippen LogP contribution is 2.27. The summed E-state index contributed by atoms with van der Waals surface area (Å²) in [5.74, 6) is 1.18. The zero-order valence-corrected chi connectivity index (χ0v) is 15.1. The maximum Gasteiger partial charge on any atom is 0.169 e. The Labute approximate surface area is 153 Å². The van der Waals surface area contributed by atoms with Crippen molar-refractivity contribution in [2.24, 2.45) is 0 Å². The van der Waals surface area contributed by atoms with Gasteiger partial charge in [-0.3, -0.25) is 0 Å². The number of thiocarbonyl (C=S) groups is 1. The number of hydrogen-bond donors (Lipinski definition) is 2. The van der Waals surface area contributed by atoms with Crippen LogP contribution in [0.4, 0.5) is 5.69 Å². The van der Waals surface area contributed by atoms with E-state index in [0.717, 1.165) is 48.3 Å². The Morgan fingerprint density at radius 3 is 2.40 bits per heavy atom. The Balaban J connectivity index is 1.49. The molecule has 0 aliphatic carbocycles. The summed E-state index contributed by atoms with van der Waals surface area (Å²) in [5, 5.41) is 14.1. The van der Waals surface area contributed by atoms with Crippen molar-refractivity contribution < 1.29 is 9.84 Å². The Bertz CT molecular complexity index is 713. The summed E-state index contributed by atoms with van der Waals surface area (Å²) in [6.45, 7) is 4.04. The van der Waals surface area contributed by atoms with E-state index in [9.17, 15) is 5.11 Å². The maximum absolute atomic E-state index is 9.98. The maximum atomic E-state index is 9.98. The number of piperazine rings is 1. The van der Waals surface area contributed by atoms with Crippen molar-refractivity contribution in [1.82, 2.24) is 10.2 Å². The SMILES string of the molecule is COc1ccc(CNC(=S)N2CCN(c3ccccc3O)CC2)cc1. The summed E-state index contributed by atoms with van der Waals surface area (Å²) in [5.41, 5.74) is 2.05. The van der Waals surface area contributed by atoms with Crippen LogP contribution in [0.1, 0.15) is 5.56 Å². The zero-order valence-electron chi connectivity index (χ0n) is 14.3. The molecule has 2 N–H and O–H groups in total. The highest BCUT2D eigenvalue weighted by Gasteiger charge is 2.20. The highest BCUT2D eigenvalue weighted by molar-refractivity contribution is 7.80. The van der Waals surface area contributed by atoms with Crippen molar-refractivity contribution in [3.63, 3.8) is 0 Å². The number of rotatable bonds is 4. The first kappa shape index (κ1) is 17.4. The molecule has 1 fully saturated rings. The van der Waals surface area contributed by atoms with Gasteiger partial charge in [0, 0.05) is 32.7 Å². The number of hydrogen-bond acceptors (Lipinski definition) is 4. The van der Waals surface area contributed by atoms with Crippen LogP contribution >= 0.6 is 12.2 Å². The van der Waals surface area contributed by atoms with Gasteiger partial charge in [-0.15, -0.1) is 0 Å². The fraction of sp³-hybridized carbons (Fsp3) is 0.316. The van der Waals surface area contributed by atoms with E-state index >= 15 is 0 Å². The zero-order chi connectivity index (χ0) is 17.6. The van der Waals surface area contributed by atoms with Crippen LogP contribution in [0.5, 0.6) is 11.5 Å². The third-order valence-corrected chi connectivity index (χ3v) is 4.79. The van der Waals surface area contributed by atoms with Gasteiger partial charge in [-0.05, 0) is 42.0 Å². The summed E-state index contributed by atoms with van der Waals surface area (Å²) in [7, 11) is 1.66. The molecule has 132 valence electrons. The van der Waals surface area contributed by atoms with Crippen LogP contribution in [0.25, 0.3) is 0 Å². The lowest BCUT2D eigenvalue weighted by molar-refractivity contribution is 0.377. The van der Waals surface area contributed by atoms with Gasteiger partial charge in [0.05, 0.1) is 12.8 Å². The van der Waals surface area contributed by atoms with Gasteiger partial charge in [0.15, 0.2) is 5.11 Å². The Hall–Kier alpha value is -2.47. The molecule has 0 aromatic heterocycles. The van der Waals surface area contributed by atoms with Crippen molar-refractivity contribution in [3.05, 3.63) is 54.1 Å². The van der Waals surface area contributed by atoms with Crippen LogP contribution in [0.2, 0.25) is 0 Å². The molecule has 2 aromatic rings. The molecule has 3 rings (SSSR count). The van der Waals surface area contributed by atoms with E-state index < -0.39 is 0 Å². The number of ether oxygens (including phenoxy) is 1. The monoisotopic (exact) mass is 357 g/mol. The molecule has 0 amide bonds. The van der Waals surface area contributed by atoms with Gasteiger partial charge in [0.25, 0.3) is 0 Å². The van der Waals surface area contributed by atoms with E-state index in [1.807, 2.05) is 42.5 Å². The quantitative estimate of drug-likeness (QED) is 0.821. The predicted molar refractivity (Wildman–Crippen MR) is 104 cm³/mol. The van der Waals surface area contributed by atoms with E-state index in [4.69, 9.17) is 17.0 Å². The molecule has 2 aromatic carbocycles. The van der Waals surface area contributed by atoms with Crippen molar-refractivity contribution >= 4 is 23.0 Å². The molecule has 1 aliphatic rings. The van der Waals surface area contributed by atoms with Gasteiger partial charge in [0.1, 0.15) is 11.5 Å². The second-order valence-electron chi connectivity index (χ2n) is 5.97. The number of nitrogens with one attached hydrogen (secondary N) is 1. The van der Waals surface area contributed by atoms with Crippen LogP contribution in [-0.2, 0) is 6.54 Å². The summed E-state index contributed by atoms with van der Waals surface area (Å²) in [6, 6.07) is 15.4. The molecule has 1 aliphatic heterocycles. The molecular weight excluding hydrogens is 334 g/mol. The molecular formula is C19H23N3O2S. The van der Waals surface area contributed by atoms with Crippen molar-refractivity contribution in [3.8, 4) is 11.5 Å². The van der Waals surface area contributed by atoms with Crippen LogP contribution in [0, 0.1) is 0 Å². The number of phenolic OH excluding ortho intramolecular Hbond substituents is 1. The van der Waals surface area contributed by atoms with Gasteiger partial charge in [-0.2, -0.15) is 0 Å². The predicted octanol–water partition coefficient (Wildman–Crippen LogP) is 2.60. The summed E-state index contributed by atoms with van der Waals surface area (Å²) in [6.07, 6.45) is 0. The van der Waals surface area contributed by atoms with E-state index in [1.54, 1.807) is 13.2 Å². The van der Waals surface area contributed by atoms with Crippen LogP contribution in [0.15, 0.2) is 48.5 Å². The summed E-state index contributed by atoms with van der Waals surface area (Å²) < 4.78 is 5.17. The third kappa shape index (κ3) is 4.33. The second-order valence-corrected chi connectivity index (χ2v) is 6.36. The minimum absolute atomic E-state index is 0.330. The molecule has 0 unspecified atom stereocenters. The lowest BCUT2D eigenvalue weighted by Gasteiger charge is -2.37. The normalized spacial score (nSPS) is 14.3. The molecule has 0 saturated carbocycles. The van der Waals surface area contributed by atoms with E-state index in [0.29, 0.717) is 12.3 Å². The van der Waals surface area contributed by atoms with Crippen molar-refractivity contribution in [1.29, 1.82) is 0 Å². The van der Waals surface area contributed by atoms with E-state index in [1.165, 1.54) is 0 Å². The molecule has 5 nitrogen and oxygen atoms in total. The first-order valence-electron chi connectivity index (χ1n) is 8.36. The van der Waals surface area contributed by atoms with E-state index in [2.05, 4.69) is 15.1 Å². The molecule has 0 atom stereocenters. The molecule has 1 heterocycles. The number of para-hydroxylation sites is 2. The lowest BCUT2D eigenvalue weighted by Crippen LogP contribution is -2.51. The largest absolute Gasteiger partial charge is 0.506 e. The molecule has 0 spiro atoms. The number of phenols is 1. The molecule has 6 heteroatoms. The van der Waals surface area contributed by atoms with Crippen LogP contribution < -0.4 is 15.0 Å². The fourth-order valence-electron chi connectivity index (χ4n) is 2.91. The first-order chi connectivity index (χ1) is 12.2. The fourth-order valence-corrected chi connectivity index (χ4v) is 3.17. The molecule has 0 bridgehead atoms. The summed E-state index contributed by atoms with van der Waals surface area (Å²) >= 11 is 5.53. The first-order valence-corrected chi connectivity index (χ1v) is 8.77. The number of nitrogens with zero attached hydrogens (tertiary/aromatic N) is 2. The molecule has 0 radical (unpaired) electrons. The van der Waals surface area contributed by atoms with Gasteiger partial charge in [0.2, 0.25) is 0 Å². The van der Waals surface area contributed by atoms with Crippen molar-refractivity contribution in [2.45, 2.75) is 6.54 Å². The minimum Gasteiger partial charge on any atom is -0.506 e.